The number of ketones is 1. The predicted octanol–water partition coefficient (Wildman–Crippen LogP) is 6.73. The van der Waals surface area contributed by atoms with Crippen LogP contribution in [0.15, 0.2) is 72.3 Å². The molecule has 0 aliphatic carbocycles. The van der Waals surface area contributed by atoms with Crippen molar-refractivity contribution in [2.45, 2.75) is 53.0 Å². The number of amides is 1. The zero-order valence-electron chi connectivity index (χ0n) is 25.1. The number of H-pyrrole nitrogens is 1. The largest absolute Gasteiger partial charge is 0.507 e. The third-order valence-electron chi connectivity index (χ3n) is 7.75. The highest BCUT2D eigenvalue weighted by Crippen LogP contribution is 2.43. The number of nitrogens with zero attached hydrogens (tertiary/aromatic N) is 3. The van der Waals surface area contributed by atoms with Crippen LogP contribution in [0.2, 0.25) is 0 Å². The molecule has 1 aromatic heterocycles. The van der Waals surface area contributed by atoms with E-state index in [0.29, 0.717) is 29.0 Å². The molecule has 0 saturated carbocycles. The van der Waals surface area contributed by atoms with Gasteiger partial charge in [0, 0.05) is 29.9 Å². The van der Waals surface area contributed by atoms with Gasteiger partial charge in [0.15, 0.2) is 0 Å². The number of benzene rings is 3. The minimum absolute atomic E-state index is 0.0139. The Morgan fingerprint density at radius 3 is 2.31 bits per heavy atom. The minimum atomic E-state index is -0.888. The van der Waals surface area contributed by atoms with Gasteiger partial charge in [-0.3, -0.25) is 14.5 Å². The summed E-state index contributed by atoms with van der Waals surface area (Å²) in [7, 11) is 0. The van der Waals surface area contributed by atoms with Crippen molar-refractivity contribution in [1.29, 1.82) is 0 Å². The van der Waals surface area contributed by atoms with Gasteiger partial charge >= 0.3 is 5.91 Å². The summed E-state index contributed by atoms with van der Waals surface area (Å²) >= 11 is 0. The molecule has 1 saturated heterocycles. The van der Waals surface area contributed by atoms with E-state index in [1.807, 2.05) is 67.6 Å². The van der Waals surface area contributed by atoms with Gasteiger partial charge in [0.1, 0.15) is 11.5 Å². The van der Waals surface area contributed by atoms with E-state index < -0.39 is 17.7 Å². The quantitative estimate of drug-likeness (QED) is 0.139. The van der Waals surface area contributed by atoms with E-state index in [1.54, 1.807) is 6.07 Å². The van der Waals surface area contributed by atoms with Crippen molar-refractivity contribution in [2.75, 3.05) is 29.5 Å². The van der Waals surface area contributed by atoms with Crippen LogP contribution in [0, 0.1) is 0 Å². The Kier molecular flexibility index (Phi) is 7.82. The molecule has 1 amide bonds. The maximum Gasteiger partial charge on any atom is 0.302 e. The minimum Gasteiger partial charge on any atom is -0.507 e. The Hall–Kier alpha value is -4.59. The summed E-state index contributed by atoms with van der Waals surface area (Å²) in [5.41, 5.74) is 4.19. The fourth-order valence-corrected chi connectivity index (χ4v) is 5.58. The summed E-state index contributed by atoms with van der Waals surface area (Å²) in [6, 6.07) is 19.7. The first-order valence-corrected chi connectivity index (χ1v) is 14.5. The highest BCUT2D eigenvalue weighted by Gasteiger charge is 2.48. The molecule has 2 N–H and O–H groups in total. The normalized spacial score (nSPS) is 16.8. The van der Waals surface area contributed by atoms with Gasteiger partial charge < -0.3 is 19.7 Å². The molecule has 4 aromatic rings. The molecule has 42 heavy (non-hydrogen) atoms. The molecule has 1 aliphatic heterocycles. The fraction of sp³-hybridized carbons (Fsp3) is 0.324. The second kappa shape index (κ2) is 11.4. The monoisotopic (exact) mass is 566 g/mol. The number of carbonyl (C=O) groups is 2. The molecule has 0 bridgehead atoms. The van der Waals surface area contributed by atoms with Gasteiger partial charge in [0.2, 0.25) is 5.95 Å². The number of aromatic amines is 1. The van der Waals surface area contributed by atoms with E-state index in [9.17, 15) is 14.7 Å². The Morgan fingerprint density at radius 2 is 1.69 bits per heavy atom. The summed E-state index contributed by atoms with van der Waals surface area (Å²) in [6.07, 6.45) is 0. The molecule has 2 heterocycles. The highest BCUT2D eigenvalue weighted by molar-refractivity contribution is 6.51. The third kappa shape index (κ3) is 5.13. The molecule has 0 radical (unpaired) electrons. The summed E-state index contributed by atoms with van der Waals surface area (Å²) in [4.78, 5) is 38.8. The van der Waals surface area contributed by atoms with Crippen molar-refractivity contribution in [3.8, 4) is 5.75 Å². The summed E-state index contributed by atoms with van der Waals surface area (Å²) < 4.78 is 5.86. The van der Waals surface area contributed by atoms with Crippen molar-refractivity contribution in [2.24, 2.45) is 0 Å². The third-order valence-corrected chi connectivity index (χ3v) is 7.75. The molecule has 1 aliphatic rings. The lowest BCUT2D eigenvalue weighted by molar-refractivity contribution is -0.132. The Labute approximate surface area is 246 Å². The van der Waals surface area contributed by atoms with Gasteiger partial charge in [0.05, 0.1) is 29.3 Å². The molecule has 1 unspecified atom stereocenters. The van der Waals surface area contributed by atoms with E-state index in [0.717, 1.165) is 29.9 Å². The lowest BCUT2D eigenvalue weighted by Crippen LogP contribution is -2.30. The van der Waals surface area contributed by atoms with E-state index in [-0.39, 0.29) is 22.7 Å². The Bertz CT molecular complexity index is 1630. The number of Topliss-reactive ketones (excluding diaryl/α,β-unsaturated/α-hetero) is 1. The van der Waals surface area contributed by atoms with Crippen LogP contribution in [0.4, 0.5) is 11.6 Å². The summed E-state index contributed by atoms with van der Waals surface area (Å²) in [5, 5.41) is 11.8. The molecular formula is C34H38N4O4. The van der Waals surface area contributed by atoms with Gasteiger partial charge in [-0.1, -0.05) is 45.0 Å². The first kappa shape index (κ1) is 28.9. The number of anilines is 2. The van der Waals surface area contributed by atoms with Crippen molar-refractivity contribution in [3.05, 3.63) is 89.0 Å². The van der Waals surface area contributed by atoms with Crippen molar-refractivity contribution in [1.82, 2.24) is 9.97 Å². The second-order valence-electron chi connectivity index (χ2n) is 11.4. The smallest absolute Gasteiger partial charge is 0.302 e. The van der Waals surface area contributed by atoms with Gasteiger partial charge in [-0.2, -0.15) is 0 Å². The van der Waals surface area contributed by atoms with Crippen molar-refractivity contribution < 1.29 is 19.4 Å². The van der Waals surface area contributed by atoms with E-state index in [4.69, 9.17) is 4.74 Å². The van der Waals surface area contributed by atoms with Crippen molar-refractivity contribution >= 4 is 40.1 Å². The molecule has 1 atom stereocenters. The fourth-order valence-electron chi connectivity index (χ4n) is 5.58. The summed E-state index contributed by atoms with van der Waals surface area (Å²) in [6.45, 7) is 14.5. The maximum atomic E-state index is 13.7. The molecule has 3 aromatic carbocycles. The number of aromatic nitrogens is 2. The number of aliphatic hydroxyl groups is 1. The Balaban J connectivity index is 1.70. The van der Waals surface area contributed by atoms with Gasteiger partial charge in [-0.05, 0) is 74.2 Å². The standard InChI is InChI=1S/C34H38N4O4/c1-7-37(8-2)23-17-14-21(15-18-23)29-28(30(39)22-16-19-27(42-9-3)24(20-22)34(4,5)6)31(40)32(41)38(29)33-35-25-12-10-11-13-26(25)36-33/h10-20,29,39H,7-9H2,1-6H3,(H,35,36)/b30-28+. The van der Waals surface area contributed by atoms with Crippen LogP contribution in [-0.2, 0) is 15.0 Å². The zero-order chi connectivity index (χ0) is 30.2. The predicted molar refractivity (Wildman–Crippen MR) is 167 cm³/mol. The van der Waals surface area contributed by atoms with Crippen LogP contribution in [0.25, 0.3) is 16.8 Å². The number of hydrogen-bond donors (Lipinski definition) is 2. The zero-order valence-corrected chi connectivity index (χ0v) is 25.1. The lowest BCUT2D eigenvalue weighted by atomic mass is 9.84. The molecule has 8 nitrogen and oxygen atoms in total. The molecule has 218 valence electrons. The first-order chi connectivity index (χ1) is 20.1. The average Bonchev–Trinajstić information content (AvgIpc) is 3.51. The number of carbonyl (C=O) groups excluding carboxylic acids is 2. The van der Waals surface area contributed by atoms with Crippen LogP contribution in [0.1, 0.15) is 64.3 Å². The molecule has 1 fully saturated rings. The number of ether oxygens (including phenoxy) is 1. The molecule has 8 heteroatoms. The number of rotatable bonds is 8. The second-order valence-corrected chi connectivity index (χ2v) is 11.4. The van der Waals surface area contributed by atoms with E-state index in [1.165, 1.54) is 4.90 Å². The molecular weight excluding hydrogens is 528 g/mol. The number of para-hydroxylation sites is 2. The molecule has 0 spiro atoms. The van der Waals surface area contributed by atoms with Crippen LogP contribution >= 0.6 is 0 Å². The Morgan fingerprint density at radius 1 is 1.00 bits per heavy atom. The van der Waals surface area contributed by atoms with Gasteiger partial charge in [0.25, 0.3) is 5.78 Å². The number of aliphatic hydroxyl groups excluding tert-OH is 1. The summed E-state index contributed by atoms with van der Waals surface area (Å²) in [5.74, 6) is -0.796. The van der Waals surface area contributed by atoms with Crippen molar-refractivity contribution in [3.63, 3.8) is 0 Å². The number of imidazole rings is 1. The first-order valence-electron chi connectivity index (χ1n) is 14.5. The number of fused-ring (bicyclic) bond motifs is 1. The van der Waals surface area contributed by atoms with Gasteiger partial charge in [-0.15, -0.1) is 0 Å². The van der Waals surface area contributed by atoms with Crippen LogP contribution in [0.3, 0.4) is 0 Å². The number of nitrogens with one attached hydrogen (secondary N) is 1. The number of hydrogen-bond acceptors (Lipinski definition) is 6. The lowest BCUT2D eigenvalue weighted by Gasteiger charge is -2.26. The maximum absolute atomic E-state index is 13.7. The topological polar surface area (TPSA) is 98.8 Å². The average molecular weight is 567 g/mol. The SMILES string of the molecule is CCOc1ccc(/C(O)=C2\C(=O)C(=O)N(c3nc4ccccc4[nH]3)C2c2ccc(N(CC)CC)cc2)cc1C(C)(C)C. The highest BCUT2D eigenvalue weighted by atomic mass is 16.5. The van der Waals surface area contributed by atoms with Gasteiger partial charge in [-0.25, -0.2) is 4.98 Å². The van der Waals surface area contributed by atoms with E-state index in [2.05, 4.69) is 49.5 Å². The van der Waals surface area contributed by atoms with E-state index >= 15 is 0 Å². The molecule has 5 rings (SSSR count). The van der Waals surface area contributed by atoms with Crippen LogP contribution < -0.4 is 14.5 Å². The van der Waals surface area contributed by atoms with Crippen LogP contribution in [-0.4, -0.2) is 46.5 Å². The van der Waals surface area contributed by atoms with Crippen LogP contribution in [0.5, 0.6) is 5.75 Å².